The van der Waals surface area contributed by atoms with Crippen LogP contribution in [-0.2, 0) is 14.8 Å². The van der Waals surface area contributed by atoms with Crippen molar-refractivity contribution in [3.05, 3.63) is 18.5 Å². The van der Waals surface area contributed by atoms with Crippen LogP contribution in [0.4, 0.5) is 0 Å². The maximum Gasteiger partial charge on any atom is 0.322 e. The zero-order chi connectivity index (χ0) is 12.5. The highest BCUT2D eigenvalue weighted by molar-refractivity contribution is 7.99. The Labute approximate surface area is 103 Å². The first-order valence-corrected chi connectivity index (χ1v) is 7.58. The van der Waals surface area contributed by atoms with Crippen molar-refractivity contribution in [3.63, 3.8) is 0 Å². The highest BCUT2D eigenvalue weighted by atomic mass is 32.2. The van der Waals surface area contributed by atoms with Gasteiger partial charge in [-0.15, -0.1) is 0 Å². The van der Waals surface area contributed by atoms with Crippen LogP contribution in [0.15, 0.2) is 23.4 Å². The van der Waals surface area contributed by atoms with Crippen LogP contribution in [-0.4, -0.2) is 52.9 Å². The van der Waals surface area contributed by atoms with Gasteiger partial charge in [0.1, 0.15) is 6.04 Å². The minimum atomic E-state index is -3.70. The van der Waals surface area contributed by atoms with Gasteiger partial charge in [0.15, 0.2) is 0 Å². The summed E-state index contributed by atoms with van der Waals surface area (Å²) in [5.41, 5.74) is 0. The standard InChI is InChI=1S/C9H12N2O4S2/c12-9(13)8-6-16-4-3-11(8)17(14,15)7-1-2-10-5-7/h1-2,5,8,10H,3-4,6H2,(H,12,13). The lowest BCUT2D eigenvalue weighted by Gasteiger charge is -2.31. The molecule has 2 N–H and O–H groups in total. The number of aliphatic carboxylic acids is 1. The van der Waals surface area contributed by atoms with Crippen LogP contribution in [0.3, 0.4) is 0 Å². The lowest BCUT2D eigenvalue weighted by atomic mass is 10.3. The molecular formula is C9H12N2O4S2. The van der Waals surface area contributed by atoms with Crippen molar-refractivity contribution in [2.45, 2.75) is 10.9 Å². The van der Waals surface area contributed by atoms with Crippen molar-refractivity contribution >= 4 is 27.8 Å². The molecule has 1 aliphatic heterocycles. The van der Waals surface area contributed by atoms with Crippen molar-refractivity contribution in [1.82, 2.24) is 9.29 Å². The molecule has 1 atom stereocenters. The minimum Gasteiger partial charge on any atom is -0.480 e. The third-order valence-corrected chi connectivity index (χ3v) is 5.47. The molecule has 0 aromatic carbocycles. The van der Waals surface area contributed by atoms with Gasteiger partial charge < -0.3 is 10.1 Å². The van der Waals surface area contributed by atoms with Gasteiger partial charge in [-0.25, -0.2) is 8.42 Å². The molecule has 0 aliphatic carbocycles. The normalized spacial score (nSPS) is 22.5. The molecular weight excluding hydrogens is 264 g/mol. The van der Waals surface area contributed by atoms with Crippen molar-refractivity contribution < 1.29 is 18.3 Å². The van der Waals surface area contributed by atoms with Crippen LogP contribution in [0, 0.1) is 0 Å². The Balaban J connectivity index is 2.34. The fourth-order valence-corrected chi connectivity index (χ4v) is 4.48. The summed E-state index contributed by atoms with van der Waals surface area (Å²) in [5, 5.41) is 9.04. The topological polar surface area (TPSA) is 90.5 Å². The van der Waals surface area contributed by atoms with E-state index >= 15 is 0 Å². The molecule has 94 valence electrons. The van der Waals surface area contributed by atoms with Crippen LogP contribution in [0.5, 0.6) is 0 Å². The minimum absolute atomic E-state index is 0.107. The molecule has 1 aromatic rings. The largest absolute Gasteiger partial charge is 0.480 e. The van der Waals surface area contributed by atoms with Crippen LogP contribution in [0.25, 0.3) is 0 Å². The van der Waals surface area contributed by atoms with Gasteiger partial charge in [-0.1, -0.05) is 0 Å². The second-order valence-electron chi connectivity index (χ2n) is 3.59. The van der Waals surface area contributed by atoms with Gasteiger partial charge in [0.2, 0.25) is 10.0 Å². The second kappa shape index (κ2) is 4.71. The van der Waals surface area contributed by atoms with Crippen LogP contribution < -0.4 is 0 Å². The average Bonchev–Trinajstić information content (AvgIpc) is 2.83. The summed E-state index contributed by atoms with van der Waals surface area (Å²) in [4.78, 5) is 13.8. The lowest BCUT2D eigenvalue weighted by Crippen LogP contribution is -2.50. The predicted molar refractivity (Wildman–Crippen MR) is 63.4 cm³/mol. The number of hydrogen-bond acceptors (Lipinski definition) is 4. The number of aromatic nitrogens is 1. The molecule has 1 aliphatic rings. The SMILES string of the molecule is O=C(O)C1CSCCN1S(=O)(=O)c1cc[nH]c1. The maximum absolute atomic E-state index is 12.2. The fraction of sp³-hybridized carbons (Fsp3) is 0.444. The molecule has 2 heterocycles. The summed E-state index contributed by atoms with van der Waals surface area (Å²) in [6.07, 6.45) is 2.86. The summed E-state index contributed by atoms with van der Waals surface area (Å²) in [5.74, 6) is -0.191. The summed E-state index contributed by atoms with van der Waals surface area (Å²) < 4.78 is 25.5. The Morgan fingerprint density at radius 1 is 1.59 bits per heavy atom. The van der Waals surface area contributed by atoms with E-state index in [-0.39, 0.29) is 11.4 Å². The fourth-order valence-electron chi connectivity index (χ4n) is 1.68. The zero-order valence-corrected chi connectivity index (χ0v) is 10.5. The van der Waals surface area contributed by atoms with E-state index in [9.17, 15) is 13.2 Å². The number of sulfonamides is 1. The first kappa shape index (κ1) is 12.5. The third-order valence-electron chi connectivity index (χ3n) is 2.54. The van der Waals surface area contributed by atoms with Gasteiger partial charge in [-0.2, -0.15) is 16.1 Å². The zero-order valence-electron chi connectivity index (χ0n) is 8.87. The molecule has 1 saturated heterocycles. The second-order valence-corrected chi connectivity index (χ2v) is 6.63. The molecule has 8 heteroatoms. The van der Waals surface area contributed by atoms with Crippen molar-refractivity contribution in [2.24, 2.45) is 0 Å². The van der Waals surface area contributed by atoms with E-state index in [2.05, 4.69) is 4.98 Å². The number of nitrogens with zero attached hydrogens (tertiary/aromatic N) is 1. The van der Waals surface area contributed by atoms with Crippen LogP contribution in [0.1, 0.15) is 0 Å². The number of H-pyrrole nitrogens is 1. The van der Waals surface area contributed by atoms with Gasteiger partial charge in [-0.3, -0.25) is 4.79 Å². The van der Waals surface area contributed by atoms with E-state index in [1.54, 1.807) is 0 Å². The third kappa shape index (κ3) is 2.33. The van der Waals surface area contributed by atoms with Crippen molar-refractivity contribution in [1.29, 1.82) is 0 Å². The number of aromatic amines is 1. The molecule has 17 heavy (non-hydrogen) atoms. The number of hydrogen-bond donors (Lipinski definition) is 2. The quantitative estimate of drug-likeness (QED) is 0.823. The molecule has 0 saturated carbocycles. The van der Waals surface area contributed by atoms with E-state index in [0.717, 1.165) is 4.31 Å². The van der Waals surface area contributed by atoms with Crippen LogP contribution in [0.2, 0.25) is 0 Å². The first-order chi connectivity index (χ1) is 8.03. The summed E-state index contributed by atoms with van der Waals surface area (Å²) >= 11 is 1.45. The predicted octanol–water partition coefficient (Wildman–Crippen LogP) is 0.205. The highest BCUT2D eigenvalue weighted by Gasteiger charge is 2.38. The molecule has 0 amide bonds. The van der Waals surface area contributed by atoms with Gasteiger partial charge in [-0.05, 0) is 6.07 Å². The van der Waals surface area contributed by atoms with Crippen molar-refractivity contribution in [2.75, 3.05) is 18.1 Å². The number of carbonyl (C=O) groups is 1. The Hall–Kier alpha value is -0.990. The van der Waals surface area contributed by atoms with Gasteiger partial charge >= 0.3 is 5.97 Å². The summed E-state index contributed by atoms with van der Waals surface area (Å²) in [6, 6.07) is 0.448. The Kier molecular flexibility index (Phi) is 3.45. The molecule has 1 fully saturated rings. The Bertz CT molecular complexity index is 497. The number of thioether (sulfide) groups is 1. The van der Waals surface area contributed by atoms with Crippen LogP contribution >= 0.6 is 11.8 Å². The summed E-state index contributed by atoms with van der Waals surface area (Å²) in [6.45, 7) is 0.231. The number of nitrogens with one attached hydrogen (secondary N) is 1. The highest BCUT2D eigenvalue weighted by Crippen LogP contribution is 2.24. The molecule has 6 nitrogen and oxygen atoms in total. The maximum atomic E-state index is 12.2. The number of carboxylic acids is 1. The molecule has 1 unspecified atom stereocenters. The molecule has 1 aromatic heterocycles. The van der Waals surface area contributed by atoms with E-state index in [1.165, 1.54) is 30.2 Å². The lowest BCUT2D eigenvalue weighted by molar-refractivity contribution is -0.140. The Morgan fingerprint density at radius 2 is 2.35 bits per heavy atom. The first-order valence-electron chi connectivity index (χ1n) is 4.98. The summed E-state index contributed by atoms with van der Waals surface area (Å²) in [7, 11) is -3.70. The molecule has 0 radical (unpaired) electrons. The van der Waals surface area contributed by atoms with Gasteiger partial charge in [0.05, 0.1) is 4.90 Å². The monoisotopic (exact) mass is 276 g/mol. The average molecular weight is 276 g/mol. The smallest absolute Gasteiger partial charge is 0.322 e. The number of carboxylic acid groups (broad SMARTS) is 1. The molecule has 0 spiro atoms. The van der Waals surface area contributed by atoms with Gasteiger partial charge in [0.25, 0.3) is 0 Å². The van der Waals surface area contributed by atoms with E-state index in [0.29, 0.717) is 11.5 Å². The van der Waals surface area contributed by atoms with E-state index in [4.69, 9.17) is 5.11 Å². The van der Waals surface area contributed by atoms with Crippen molar-refractivity contribution in [3.8, 4) is 0 Å². The van der Waals surface area contributed by atoms with E-state index < -0.39 is 22.0 Å². The molecule has 2 rings (SSSR count). The van der Waals surface area contributed by atoms with Gasteiger partial charge in [0, 0.05) is 30.4 Å². The van der Waals surface area contributed by atoms with E-state index in [1.807, 2.05) is 0 Å². The number of rotatable bonds is 3. The Morgan fingerprint density at radius 3 is 2.94 bits per heavy atom. The molecule has 0 bridgehead atoms.